The maximum Gasteiger partial charge on any atom is 0.243 e. The van der Waals surface area contributed by atoms with Gasteiger partial charge in [0.25, 0.3) is 0 Å². The molecule has 1 fully saturated rings. The summed E-state index contributed by atoms with van der Waals surface area (Å²) in [5.74, 6) is 0.267. The van der Waals surface area contributed by atoms with Gasteiger partial charge in [-0.25, -0.2) is 25.6 Å². The van der Waals surface area contributed by atoms with Crippen LogP contribution in [0.3, 0.4) is 0 Å². The second-order valence-electron chi connectivity index (χ2n) is 15.4. The van der Waals surface area contributed by atoms with E-state index < -0.39 is 20.0 Å². The van der Waals surface area contributed by atoms with Gasteiger partial charge in [0.05, 0.1) is 33.9 Å². The van der Waals surface area contributed by atoms with Crippen LogP contribution in [0, 0.1) is 11.6 Å². The van der Waals surface area contributed by atoms with Crippen molar-refractivity contribution >= 4 is 59.3 Å². The summed E-state index contributed by atoms with van der Waals surface area (Å²) in [6.07, 6.45) is 6.45. The van der Waals surface area contributed by atoms with Gasteiger partial charge in [0.2, 0.25) is 20.0 Å². The van der Waals surface area contributed by atoms with Crippen LogP contribution in [0.5, 0.6) is 0 Å². The largest absolute Gasteiger partial charge is 0.355 e. The lowest BCUT2D eigenvalue weighted by atomic mass is 10.1. The first-order valence-corrected chi connectivity index (χ1v) is 24.5. The lowest BCUT2D eigenvalue weighted by Gasteiger charge is -2.27. The number of aromatic nitrogens is 4. The number of anilines is 1. The van der Waals surface area contributed by atoms with Crippen LogP contribution in [-0.2, 0) is 33.1 Å². The van der Waals surface area contributed by atoms with Crippen molar-refractivity contribution in [2.45, 2.75) is 95.5 Å². The van der Waals surface area contributed by atoms with Gasteiger partial charge in [0.1, 0.15) is 11.6 Å². The van der Waals surface area contributed by atoms with E-state index in [4.69, 9.17) is 16.7 Å². The first kappa shape index (κ1) is 46.1. The van der Waals surface area contributed by atoms with Crippen molar-refractivity contribution in [1.82, 2.24) is 28.2 Å². The third kappa shape index (κ3) is 10.8. The Labute approximate surface area is 364 Å². The summed E-state index contributed by atoms with van der Waals surface area (Å²) in [6.45, 7) is 12.6. The second kappa shape index (κ2) is 20.6. The van der Waals surface area contributed by atoms with E-state index in [0.717, 1.165) is 85.0 Å². The molecule has 0 saturated carbocycles. The molecule has 61 heavy (non-hydrogen) atoms. The number of fused-ring (bicyclic) bond motifs is 2. The second-order valence-corrected chi connectivity index (χ2v) is 19.6. The maximum atomic E-state index is 13.4. The summed E-state index contributed by atoms with van der Waals surface area (Å²) in [4.78, 5) is 2.79. The third-order valence-corrected chi connectivity index (χ3v) is 14.8. The van der Waals surface area contributed by atoms with E-state index in [1.165, 1.54) is 35.0 Å². The topological polar surface area (TPSA) is 114 Å². The van der Waals surface area contributed by atoms with Crippen LogP contribution >= 0.6 is 11.6 Å². The molecule has 2 aromatic heterocycles. The average molecular weight is 897 g/mol. The van der Waals surface area contributed by atoms with Gasteiger partial charge in [0.15, 0.2) is 11.0 Å². The molecule has 4 aromatic carbocycles. The molecular weight excluding hydrogens is 840 g/mol. The summed E-state index contributed by atoms with van der Waals surface area (Å²) >= 11 is 6.29. The zero-order valence-corrected chi connectivity index (χ0v) is 37.8. The van der Waals surface area contributed by atoms with Crippen LogP contribution < -0.4 is 4.90 Å². The first-order chi connectivity index (χ1) is 29.3. The predicted octanol–water partition coefficient (Wildman–Crippen LogP) is 9.71. The van der Waals surface area contributed by atoms with Gasteiger partial charge in [-0.3, -0.25) is 9.36 Å². The zero-order valence-electron chi connectivity index (χ0n) is 35.4. The van der Waals surface area contributed by atoms with Gasteiger partial charge < -0.3 is 4.90 Å². The van der Waals surface area contributed by atoms with E-state index in [0.29, 0.717) is 49.6 Å². The average Bonchev–Trinajstić information content (AvgIpc) is 3.78. The fourth-order valence-electron chi connectivity index (χ4n) is 7.69. The molecule has 328 valence electrons. The Morgan fingerprint density at radius 1 is 0.574 bits per heavy atom. The Kier molecular flexibility index (Phi) is 15.6. The minimum Gasteiger partial charge on any atom is -0.355 e. The lowest BCUT2D eigenvalue weighted by Crippen LogP contribution is -2.32. The van der Waals surface area contributed by atoms with Crippen molar-refractivity contribution in [3.63, 3.8) is 0 Å². The smallest absolute Gasteiger partial charge is 0.243 e. The number of sulfonamides is 2. The van der Waals surface area contributed by atoms with Crippen molar-refractivity contribution < 1.29 is 25.6 Å². The summed E-state index contributed by atoms with van der Waals surface area (Å²) in [5.41, 5.74) is 3.43. The van der Waals surface area contributed by atoms with Crippen LogP contribution in [0.1, 0.15) is 83.8 Å². The van der Waals surface area contributed by atoms with Crippen molar-refractivity contribution in [2.75, 3.05) is 44.2 Å². The van der Waals surface area contributed by atoms with Gasteiger partial charge in [-0.15, -0.1) is 0 Å². The maximum absolute atomic E-state index is 13.4. The molecule has 1 aliphatic rings. The molecule has 0 unspecified atom stereocenters. The molecule has 0 atom stereocenters. The number of nitrogens with zero attached hydrogens (tertiary/aromatic N) is 7. The number of hydrogen-bond acceptors (Lipinski definition) is 7. The normalized spacial score (nSPS) is 13.7. The Balaban J connectivity index is 0.000000207. The number of benzene rings is 4. The van der Waals surface area contributed by atoms with Gasteiger partial charge in [-0.2, -0.15) is 18.8 Å². The number of rotatable bonds is 17. The van der Waals surface area contributed by atoms with E-state index in [1.807, 2.05) is 38.4 Å². The monoisotopic (exact) mass is 895 g/mol. The third-order valence-electron chi connectivity index (χ3n) is 10.7. The van der Waals surface area contributed by atoms with Crippen LogP contribution in [0.2, 0.25) is 5.15 Å². The van der Waals surface area contributed by atoms with Crippen LogP contribution in [0.4, 0.5) is 14.6 Å². The molecule has 1 saturated heterocycles. The van der Waals surface area contributed by atoms with Crippen molar-refractivity contribution in [3.8, 4) is 0 Å². The zero-order chi connectivity index (χ0) is 43.7. The summed E-state index contributed by atoms with van der Waals surface area (Å²) in [6, 6.07) is 22.8. The van der Waals surface area contributed by atoms with Crippen molar-refractivity contribution in [3.05, 3.63) is 113 Å². The van der Waals surface area contributed by atoms with Gasteiger partial charge >= 0.3 is 0 Å². The Bertz CT molecular complexity index is 2600. The highest BCUT2D eigenvalue weighted by atomic mass is 35.5. The lowest BCUT2D eigenvalue weighted by molar-refractivity contribution is 0.409. The first-order valence-electron chi connectivity index (χ1n) is 21.2. The molecule has 0 bridgehead atoms. The molecule has 0 radical (unpaired) electrons. The predicted molar refractivity (Wildman–Crippen MR) is 240 cm³/mol. The van der Waals surface area contributed by atoms with Crippen LogP contribution in [-0.4, -0.2) is 84.3 Å². The van der Waals surface area contributed by atoms with E-state index in [9.17, 15) is 25.6 Å². The summed E-state index contributed by atoms with van der Waals surface area (Å²) in [5, 5.41) is 10.9. The molecule has 0 spiro atoms. The van der Waals surface area contributed by atoms with Gasteiger partial charge in [0, 0.05) is 50.0 Å². The van der Waals surface area contributed by atoms with E-state index in [-0.39, 0.29) is 21.7 Å². The molecule has 0 N–H and O–H groups in total. The minimum absolute atomic E-state index is 0.213. The summed E-state index contributed by atoms with van der Waals surface area (Å²) in [7, 11) is -7.17. The number of hydrogen-bond donors (Lipinski definition) is 0. The minimum atomic E-state index is -3.59. The molecule has 3 heterocycles. The van der Waals surface area contributed by atoms with Gasteiger partial charge in [-0.05, 0) is 117 Å². The van der Waals surface area contributed by atoms with E-state index in [1.54, 1.807) is 63.6 Å². The van der Waals surface area contributed by atoms with E-state index in [2.05, 4.69) is 10.00 Å². The highest BCUT2D eigenvalue weighted by Crippen LogP contribution is 2.33. The molecule has 0 amide bonds. The van der Waals surface area contributed by atoms with E-state index >= 15 is 0 Å². The summed E-state index contributed by atoms with van der Waals surface area (Å²) < 4.78 is 86.0. The Morgan fingerprint density at radius 3 is 1.43 bits per heavy atom. The Hall–Kier alpha value is -4.41. The van der Waals surface area contributed by atoms with Crippen molar-refractivity contribution in [1.29, 1.82) is 0 Å². The van der Waals surface area contributed by atoms with Crippen molar-refractivity contribution in [2.24, 2.45) is 0 Å². The molecule has 16 heteroatoms. The fourth-order valence-corrected chi connectivity index (χ4v) is 11.2. The molecule has 7 rings (SSSR count). The highest BCUT2D eigenvalue weighted by Gasteiger charge is 2.27. The number of halogens is 3. The molecule has 1 aliphatic heterocycles. The highest BCUT2D eigenvalue weighted by molar-refractivity contribution is 7.89. The fraction of sp³-hybridized carbons (Fsp3) is 0.422. The number of piperidine rings is 1. The SMILES string of the molecule is CCCN(CCC)S(=O)(=O)c1ccc2c(c1)c(Cl)nn2Cc1ccc(F)cc1.CCCN(CCC)S(=O)(=O)c1ccc2c(c1)c(N1CCCCC1)nn2Cc1ccc(F)cc1. The van der Waals surface area contributed by atoms with Crippen LogP contribution in [0.15, 0.2) is 94.7 Å². The van der Waals surface area contributed by atoms with Gasteiger partial charge in [-0.1, -0.05) is 63.6 Å². The van der Waals surface area contributed by atoms with Crippen LogP contribution in [0.25, 0.3) is 21.8 Å². The molecule has 6 aromatic rings. The molecule has 11 nitrogen and oxygen atoms in total. The quantitative estimate of drug-likeness (QED) is 0.0896. The molecular formula is C45H56ClF2N7O4S2. The Morgan fingerprint density at radius 2 is 0.984 bits per heavy atom. The molecule has 0 aliphatic carbocycles. The standard InChI is InChI=1S/C25H33FN4O2S.C20H23ClFN3O2S/c1-3-14-29(15-4-2)33(31,32)22-12-13-24-23(18-22)25(28-16-6-5-7-17-28)27-30(24)19-20-8-10-21(26)11-9-20;1-3-11-24(12-4-2)28(26,27)17-9-10-19-18(13-17)20(21)23-25(19)14-15-5-7-16(22)8-6-15/h8-13,18H,3-7,14-17,19H2,1-2H3;5-10,13H,3-4,11-12,14H2,1-2H3.